The first kappa shape index (κ1) is 16.1. The minimum atomic E-state index is -0.633. The number of amides is 1. The molecule has 1 N–H and O–H groups in total. The molecule has 0 aliphatic carbocycles. The summed E-state index contributed by atoms with van der Waals surface area (Å²) in [6.07, 6.45) is 0. The van der Waals surface area contributed by atoms with Gasteiger partial charge in [-0.2, -0.15) is 0 Å². The lowest BCUT2D eigenvalue weighted by Crippen LogP contribution is -2.30. The fourth-order valence-corrected chi connectivity index (χ4v) is 3.20. The van der Waals surface area contributed by atoms with Gasteiger partial charge in [0.2, 0.25) is 0 Å². The van der Waals surface area contributed by atoms with Gasteiger partial charge in [-0.15, -0.1) is 0 Å². The molecule has 0 bridgehead atoms. The van der Waals surface area contributed by atoms with Crippen molar-refractivity contribution in [1.82, 2.24) is 5.32 Å². The topological polar surface area (TPSA) is 59.3 Å². The Bertz CT molecular complexity index is 1170. The molecule has 0 aliphatic heterocycles. The molecule has 3 aromatic carbocycles. The number of carbonyl (C=O) groups is 1. The normalized spacial score (nSPS) is 12.2. The van der Waals surface area contributed by atoms with Gasteiger partial charge in [0.15, 0.2) is 0 Å². The molecule has 128 valence electrons. The van der Waals surface area contributed by atoms with E-state index in [0.717, 1.165) is 21.7 Å². The van der Waals surface area contributed by atoms with E-state index in [0.29, 0.717) is 5.58 Å². The van der Waals surface area contributed by atoms with Crippen molar-refractivity contribution in [2.24, 2.45) is 0 Å². The zero-order chi connectivity index (χ0) is 18.1. The van der Waals surface area contributed by atoms with E-state index in [1.54, 1.807) is 18.2 Å². The number of carbonyl (C=O) groups excluding carboxylic acids is 1. The fourth-order valence-electron chi connectivity index (χ4n) is 3.20. The van der Waals surface area contributed by atoms with Crippen molar-refractivity contribution in [2.45, 2.75) is 13.0 Å². The van der Waals surface area contributed by atoms with Crippen molar-refractivity contribution in [1.29, 1.82) is 0 Å². The van der Waals surface area contributed by atoms with Crippen LogP contribution < -0.4 is 10.9 Å². The summed E-state index contributed by atoms with van der Waals surface area (Å²) >= 11 is 0. The molecule has 1 atom stereocenters. The van der Waals surface area contributed by atoms with Crippen LogP contribution in [0.4, 0.5) is 0 Å². The predicted molar refractivity (Wildman–Crippen MR) is 102 cm³/mol. The molecule has 4 nitrogen and oxygen atoms in total. The van der Waals surface area contributed by atoms with Gasteiger partial charge in [-0.05, 0) is 35.4 Å². The number of rotatable bonds is 3. The average molecular weight is 343 g/mol. The summed E-state index contributed by atoms with van der Waals surface area (Å²) in [6.45, 7) is 1.91. The number of benzene rings is 3. The molecule has 4 aromatic rings. The van der Waals surface area contributed by atoms with E-state index in [9.17, 15) is 9.59 Å². The van der Waals surface area contributed by atoms with Crippen LogP contribution in [0, 0.1) is 0 Å². The highest BCUT2D eigenvalue weighted by molar-refractivity contribution is 5.97. The van der Waals surface area contributed by atoms with E-state index in [-0.39, 0.29) is 11.6 Å². The van der Waals surface area contributed by atoms with E-state index in [1.807, 2.05) is 61.5 Å². The predicted octanol–water partition coefficient (Wildman–Crippen LogP) is 4.44. The summed E-state index contributed by atoms with van der Waals surface area (Å²) in [7, 11) is 0. The van der Waals surface area contributed by atoms with E-state index in [4.69, 9.17) is 4.42 Å². The Hall–Kier alpha value is -3.40. The maximum Gasteiger partial charge on any atom is 0.349 e. The van der Waals surface area contributed by atoms with Gasteiger partial charge in [0.25, 0.3) is 5.91 Å². The minimum absolute atomic E-state index is 0.00999. The second-order valence-electron chi connectivity index (χ2n) is 6.25. The molecule has 0 fully saturated rings. The standard InChI is InChI=1S/C22H17NO3/c1-14(17-11-6-9-15-7-2-4-10-18(15)17)23-21(24)19-13-16-8-3-5-12-20(16)26-22(19)25/h2-14H,1H3,(H,23,24). The molecule has 1 aromatic heterocycles. The molecule has 1 unspecified atom stereocenters. The van der Waals surface area contributed by atoms with Crippen LogP contribution in [0.15, 0.2) is 82.0 Å². The highest BCUT2D eigenvalue weighted by atomic mass is 16.4. The molecule has 0 spiro atoms. The van der Waals surface area contributed by atoms with Crippen LogP contribution in [-0.2, 0) is 0 Å². The van der Waals surface area contributed by atoms with E-state index >= 15 is 0 Å². The monoisotopic (exact) mass is 343 g/mol. The first-order chi connectivity index (χ1) is 12.6. The minimum Gasteiger partial charge on any atom is -0.422 e. The summed E-state index contributed by atoms with van der Waals surface area (Å²) < 4.78 is 5.26. The Balaban J connectivity index is 1.67. The van der Waals surface area contributed by atoms with Crippen molar-refractivity contribution in [3.63, 3.8) is 0 Å². The molecule has 1 heterocycles. The van der Waals surface area contributed by atoms with Gasteiger partial charge in [-0.25, -0.2) is 4.79 Å². The maximum absolute atomic E-state index is 12.7. The molecule has 0 saturated heterocycles. The largest absolute Gasteiger partial charge is 0.422 e. The molecular formula is C22H17NO3. The quantitative estimate of drug-likeness (QED) is 0.560. The highest BCUT2D eigenvalue weighted by Crippen LogP contribution is 2.24. The van der Waals surface area contributed by atoms with Gasteiger partial charge in [0.05, 0.1) is 6.04 Å². The molecule has 4 rings (SSSR count). The third-order valence-electron chi connectivity index (χ3n) is 4.52. The molecule has 4 heteroatoms. The average Bonchev–Trinajstić information content (AvgIpc) is 2.66. The Morgan fingerprint density at radius 3 is 2.46 bits per heavy atom. The molecule has 1 amide bonds. The molecule has 0 saturated carbocycles. The summed E-state index contributed by atoms with van der Waals surface area (Å²) in [4.78, 5) is 24.8. The van der Waals surface area contributed by atoms with Crippen LogP contribution in [-0.4, -0.2) is 5.91 Å². The van der Waals surface area contributed by atoms with E-state index in [1.165, 1.54) is 0 Å². The van der Waals surface area contributed by atoms with Crippen LogP contribution in [0.2, 0.25) is 0 Å². The third kappa shape index (κ3) is 2.86. The Morgan fingerprint density at radius 1 is 0.923 bits per heavy atom. The van der Waals surface area contributed by atoms with Gasteiger partial charge in [-0.3, -0.25) is 4.79 Å². The third-order valence-corrected chi connectivity index (χ3v) is 4.52. The Morgan fingerprint density at radius 2 is 1.62 bits per heavy atom. The van der Waals surface area contributed by atoms with Crippen LogP contribution in [0.5, 0.6) is 0 Å². The number of para-hydroxylation sites is 1. The second kappa shape index (κ2) is 6.48. The smallest absolute Gasteiger partial charge is 0.349 e. The van der Waals surface area contributed by atoms with Crippen molar-refractivity contribution in [3.8, 4) is 0 Å². The maximum atomic E-state index is 12.7. The molecule has 0 aliphatic rings. The highest BCUT2D eigenvalue weighted by Gasteiger charge is 2.17. The summed E-state index contributed by atoms with van der Waals surface area (Å²) in [6, 6.07) is 22.5. The lowest BCUT2D eigenvalue weighted by atomic mass is 9.99. The lowest BCUT2D eigenvalue weighted by molar-refractivity contribution is 0.0936. The number of nitrogens with one attached hydrogen (secondary N) is 1. The number of hydrogen-bond donors (Lipinski definition) is 1. The fraction of sp³-hybridized carbons (Fsp3) is 0.0909. The van der Waals surface area contributed by atoms with Gasteiger partial charge in [0, 0.05) is 5.39 Å². The van der Waals surface area contributed by atoms with Crippen LogP contribution in [0.3, 0.4) is 0 Å². The van der Waals surface area contributed by atoms with Crippen molar-refractivity contribution in [2.75, 3.05) is 0 Å². The number of hydrogen-bond acceptors (Lipinski definition) is 3. The summed E-state index contributed by atoms with van der Waals surface area (Å²) in [5.74, 6) is -0.440. The lowest BCUT2D eigenvalue weighted by Gasteiger charge is -2.16. The summed E-state index contributed by atoms with van der Waals surface area (Å²) in [5.41, 5.74) is 0.847. The SMILES string of the molecule is CC(NC(=O)c1cc2ccccc2oc1=O)c1cccc2ccccc12. The zero-order valence-electron chi connectivity index (χ0n) is 14.2. The van der Waals surface area contributed by atoms with Gasteiger partial charge in [0.1, 0.15) is 11.1 Å². The Kier molecular flexibility index (Phi) is 4.01. The molecular weight excluding hydrogens is 326 g/mol. The van der Waals surface area contributed by atoms with Gasteiger partial charge < -0.3 is 9.73 Å². The van der Waals surface area contributed by atoms with Gasteiger partial charge >= 0.3 is 5.63 Å². The van der Waals surface area contributed by atoms with Crippen molar-refractivity contribution < 1.29 is 9.21 Å². The van der Waals surface area contributed by atoms with Crippen LogP contribution in [0.1, 0.15) is 28.9 Å². The first-order valence-electron chi connectivity index (χ1n) is 8.45. The van der Waals surface area contributed by atoms with Crippen LogP contribution in [0.25, 0.3) is 21.7 Å². The van der Waals surface area contributed by atoms with E-state index < -0.39 is 11.5 Å². The van der Waals surface area contributed by atoms with E-state index in [2.05, 4.69) is 5.32 Å². The second-order valence-corrected chi connectivity index (χ2v) is 6.25. The molecule has 0 radical (unpaired) electrons. The van der Waals surface area contributed by atoms with Gasteiger partial charge in [-0.1, -0.05) is 60.7 Å². The Labute approximate surface area is 150 Å². The van der Waals surface area contributed by atoms with Crippen molar-refractivity contribution >= 4 is 27.6 Å². The zero-order valence-corrected chi connectivity index (χ0v) is 14.2. The number of fused-ring (bicyclic) bond motifs is 2. The molecule has 26 heavy (non-hydrogen) atoms. The summed E-state index contributed by atoms with van der Waals surface area (Å²) in [5, 5.41) is 5.81. The first-order valence-corrected chi connectivity index (χ1v) is 8.45. The van der Waals surface area contributed by atoms with Crippen molar-refractivity contribution in [3.05, 3.63) is 94.3 Å². The van der Waals surface area contributed by atoms with Crippen LogP contribution >= 0.6 is 0 Å².